The highest BCUT2D eigenvalue weighted by Crippen LogP contribution is 2.36. The molecule has 1 saturated carbocycles. The molecule has 2 N–H and O–H groups in total. The first-order valence-corrected chi connectivity index (χ1v) is 9.39. The Bertz CT molecular complexity index is 524. The number of hydrogen-bond donors (Lipinski definition) is 2. The first-order chi connectivity index (χ1) is 11.3. The summed E-state index contributed by atoms with van der Waals surface area (Å²) in [6, 6.07) is 12.5. The van der Waals surface area contributed by atoms with Crippen molar-refractivity contribution >= 4 is 5.91 Å². The Morgan fingerprint density at radius 3 is 2.22 bits per heavy atom. The first-order valence-electron chi connectivity index (χ1n) is 9.39. The molecule has 3 nitrogen and oxygen atoms in total. The molecule has 1 aliphatic carbocycles. The molecule has 0 radical (unpaired) electrons. The molecular weight excluding hydrogens is 284 g/mol. The molecule has 3 aliphatic rings. The monoisotopic (exact) mass is 312 g/mol. The van der Waals surface area contributed by atoms with Crippen LogP contribution in [0.4, 0.5) is 0 Å². The molecule has 0 spiro atoms. The fourth-order valence-electron chi connectivity index (χ4n) is 4.91. The second-order valence-corrected chi connectivity index (χ2v) is 7.77. The third-order valence-electron chi connectivity index (χ3n) is 6.19. The summed E-state index contributed by atoms with van der Waals surface area (Å²) >= 11 is 0. The molecule has 3 fully saturated rings. The number of benzene rings is 1. The highest BCUT2D eigenvalue weighted by atomic mass is 16.1. The lowest BCUT2D eigenvalue weighted by molar-refractivity contribution is -0.127. The smallest absolute Gasteiger partial charge is 0.223 e. The number of hydrogen-bond acceptors (Lipinski definition) is 2. The van der Waals surface area contributed by atoms with E-state index in [9.17, 15) is 4.79 Å². The highest BCUT2D eigenvalue weighted by molar-refractivity contribution is 5.79. The van der Waals surface area contributed by atoms with Crippen LogP contribution < -0.4 is 10.6 Å². The fourth-order valence-corrected chi connectivity index (χ4v) is 4.91. The average Bonchev–Trinajstić information content (AvgIpc) is 2.94. The molecule has 2 heterocycles. The molecule has 3 heteroatoms. The largest absolute Gasteiger partial charge is 0.353 e. The van der Waals surface area contributed by atoms with Gasteiger partial charge in [0.05, 0.1) is 0 Å². The Morgan fingerprint density at radius 2 is 1.57 bits per heavy atom. The van der Waals surface area contributed by atoms with Crippen molar-refractivity contribution in [3.63, 3.8) is 0 Å². The van der Waals surface area contributed by atoms with Gasteiger partial charge in [0.15, 0.2) is 0 Å². The maximum Gasteiger partial charge on any atom is 0.223 e. The number of carbonyl (C=O) groups is 1. The van der Waals surface area contributed by atoms with Gasteiger partial charge in [-0.25, -0.2) is 0 Å². The lowest BCUT2D eigenvalue weighted by atomic mass is 9.78. The van der Waals surface area contributed by atoms with Crippen LogP contribution in [0.25, 0.3) is 0 Å². The fraction of sp³-hybridized carbons (Fsp3) is 0.650. The third kappa shape index (κ3) is 3.45. The van der Waals surface area contributed by atoms with Gasteiger partial charge in [0.25, 0.3) is 0 Å². The first kappa shape index (κ1) is 15.2. The van der Waals surface area contributed by atoms with Crippen molar-refractivity contribution in [2.75, 3.05) is 0 Å². The van der Waals surface area contributed by atoms with E-state index in [1.165, 1.54) is 18.4 Å². The quantitative estimate of drug-likeness (QED) is 0.898. The number of fused-ring (bicyclic) bond motifs is 2. The van der Waals surface area contributed by atoms with Gasteiger partial charge in [-0.15, -0.1) is 0 Å². The van der Waals surface area contributed by atoms with Gasteiger partial charge in [0.2, 0.25) is 5.91 Å². The van der Waals surface area contributed by atoms with Crippen LogP contribution in [0.15, 0.2) is 30.3 Å². The van der Waals surface area contributed by atoms with Crippen molar-refractivity contribution in [2.24, 2.45) is 5.92 Å². The van der Waals surface area contributed by atoms with Crippen molar-refractivity contribution in [1.82, 2.24) is 10.6 Å². The zero-order valence-corrected chi connectivity index (χ0v) is 13.8. The molecule has 1 aromatic rings. The zero-order valence-electron chi connectivity index (χ0n) is 13.8. The number of carbonyl (C=O) groups excluding carboxylic acids is 1. The Balaban J connectivity index is 1.27. The van der Waals surface area contributed by atoms with Crippen LogP contribution in [0.3, 0.4) is 0 Å². The van der Waals surface area contributed by atoms with Gasteiger partial charge in [0, 0.05) is 24.0 Å². The van der Waals surface area contributed by atoms with Gasteiger partial charge in [-0.05, 0) is 62.8 Å². The van der Waals surface area contributed by atoms with E-state index in [2.05, 4.69) is 41.0 Å². The maximum absolute atomic E-state index is 12.6. The van der Waals surface area contributed by atoms with Crippen LogP contribution in [-0.2, 0) is 4.79 Å². The van der Waals surface area contributed by atoms with Crippen LogP contribution in [0.2, 0.25) is 0 Å². The summed E-state index contributed by atoms with van der Waals surface area (Å²) in [7, 11) is 0. The molecule has 2 atom stereocenters. The summed E-state index contributed by atoms with van der Waals surface area (Å²) in [5.41, 5.74) is 1.45. The minimum absolute atomic E-state index is 0.238. The zero-order chi connectivity index (χ0) is 15.6. The summed E-state index contributed by atoms with van der Waals surface area (Å²) in [6.07, 6.45) is 9.23. The molecule has 2 bridgehead atoms. The van der Waals surface area contributed by atoms with Gasteiger partial charge >= 0.3 is 0 Å². The Morgan fingerprint density at radius 1 is 0.913 bits per heavy atom. The average molecular weight is 312 g/mol. The van der Waals surface area contributed by atoms with Crippen molar-refractivity contribution in [3.8, 4) is 0 Å². The van der Waals surface area contributed by atoms with Crippen molar-refractivity contribution in [3.05, 3.63) is 35.9 Å². The molecule has 4 rings (SSSR count). The minimum Gasteiger partial charge on any atom is -0.353 e. The number of amides is 1. The molecule has 2 unspecified atom stereocenters. The van der Waals surface area contributed by atoms with Crippen LogP contribution in [-0.4, -0.2) is 24.0 Å². The predicted molar refractivity (Wildman–Crippen MR) is 92.3 cm³/mol. The topological polar surface area (TPSA) is 41.1 Å². The predicted octanol–water partition coefficient (Wildman–Crippen LogP) is 3.36. The Kier molecular flexibility index (Phi) is 4.39. The van der Waals surface area contributed by atoms with E-state index in [4.69, 9.17) is 0 Å². The highest BCUT2D eigenvalue weighted by Gasteiger charge is 2.35. The SMILES string of the molecule is O=C(NC1CC2CCC(C1)N2)C1CCC(c2ccccc2)CC1. The van der Waals surface area contributed by atoms with E-state index in [1.54, 1.807) is 0 Å². The summed E-state index contributed by atoms with van der Waals surface area (Å²) in [5, 5.41) is 7.01. The van der Waals surface area contributed by atoms with Gasteiger partial charge in [-0.2, -0.15) is 0 Å². The third-order valence-corrected chi connectivity index (χ3v) is 6.19. The van der Waals surface area contributed by atoms with Crippen LogP contribution in [0.1, 0.15) is 62.8 Å². The second kappa shape index (κ2) is 6.64. The summed E-state index contributed by atoms with van der Waals surface area (Å²) < 4.78 is 0. The summed E-state index contributed by atoms with van der Waals surface area (Å²) in [4.78, 5) is 12.6. The van der Waals surface area contributed by atoms with Crippen LogP contribution in [0.5, 0.6) is 0 Å². The Hall–Kier alpha value is -1.35. The summed E-state index contributed by atoms with van der Waals surface area (Å²) in [6.45, 7) is 0. The molecule has 1 aromatic carbocycles. The number of piperidine rings is 1. The van der Waals surface area contributed by atoms with E-state index < -0.39 is 0 Å². The van der Waals surface area contributed by atoms with Gasteiger partial charge in [0.1, 0.15) is 0 Å². The van der Waals surface area contributed by atoms with Gasteiger partial charge < -0.3 is 10.6 Å². The molecule has 2 aliphatic heterocycles. The lowest BCUT2D eigenvalue weighted by Gasteiger charge is -2.33. The van der Waals surface area contributed by atoms with Crippen molar-refractivity contribution < 1.29 is 4.79 Å². The van der Waals surface area contributed by atoms with E-state index in [0.29, 0.717) is 30.0 Å². The standard InChI is InChI=1S/C20H28N2O/c23-20(22-19-12-17-10-11-18(13-19)21-17)16-8-6-15(7-9-16)14-4-2-1-3-5-14/h1-5,15-19,21H,6-13H2,(H,22,23). The van der Waals surface area contributed by atoms with Crippen molar-refractivity contribution in [1.29, 1.82) is 0 Å². The second-order valence-electron chi connectivity index (χ2n) is 7.77. The minimum atomic E-state index is 0.238. The lowest BCUT2D eigenvalue weighted by Crippen LogP contribution is -2.49. The van der Waals surface area contributed by atoms with E-state index in [1.807, 2.05) is 0 Å². The molecular formula is C20H28N2O. The Labute approximate surface area is 139 Å². The van der Waals surface area contributed by atoms with E-state index >= 15 is 0 Å². The van der Waals surface area contributed by atoms with E-state index in [0.717, 1.165) is 38.5 Å². The molecule has 23 heavy (non-hydrogen) atoms. The van der Waals surface area contributed by atoms with E-state index in [-0.39, 0.29) is 5.92 Å². The van der Waals surface area contributed by atoms with Gasteiger partial charge in [-0.1, -0.05) is 30.3 Å². The molecule has 2 saturated heterocycles. The number of nitrogens with one attached hydrogen (secondary N) is 2. The van der Waals surface area contributed by atoms with Crippen molar-refractivity contribution in [2.45, 2.75) is 75.4 Å². The molecule has 124 valence electrons. The normalized spacial score (nSPS) is 36.6. The molecule has 0 aromatic heterocycles. The van der Waals surface area contributed by atoms with Gasteiger partial charge in [-0.3, -0.25) is 4.79 Å². The molecule has 1 amide bonds. The maximum atomic E-state index is 12.6. The number of rotatable bonds is 3. The summed E-state index contributed by atoms with van der Waals surface area (Å²) in [5.74, 6) is 1.21. The van der Waals surface area contributed by atoms with Crippen LogP contribution in [0, 0.1) is 5.92 Å². The van der Waals surface area contributed by atoms with Crippen LogP contribution >= 0.6 is 0 Å².